The monoisotopic (exact) mass is 700 g/mol. The molecule has 14 nitrogen and oxygen atoms in total. The van der Waals surface area contributed by atoms with Gasteiger partial charge in [-0.15, -0.1) is 0 Å². The number of rotatable bonds is 13. The number of esters is 6. The maximum absolute atomic E-state index is 13.1. The molecule has 8 saturated carbocycles. The van der Waals surface area contributed by atoms with Crippen LogP contribution in [0.2, 0.25) is 0 Å². The molecule has 8 rings (SSSR count). The van der Waals surface area contributed by atoms with Gasteiger partial charge in [0.25, 0.3) is 0 Å². The molecule has 0 radical (unpaired) electrons. The van der Waals surface area contributed by atoms with E-state index in [0.29, 0.717) is 51.4 Å². The first-order valence-corrected chi connectivity index (χ1v) is 16.8. The summed E-state index contributed by atoms with van der Waals surface area (Å²) in [4.78, 5) is 74.7. The quantitative estimate of drug-likeness (QED) is 0.208. The third-order valence-corrected chi connectivity index (χ3v) is 10.9. The smallest absolute Gasteiger partial charge is 0.377 e. The topological polar surface area (TPSA) is 198 Å². The first-order chi connectivity index (χ1) is 22.8. The van der Waals surface area contributed by atoms with Crippen LogP contribution < -0.4 is 0 Å². The van der Waals surface area contributed by atoms with Crippen LogP contribution in [0.1, 0.15) is 90.4 Å². The minimum absolute atomic E-state index is 0.203. The fraction of sp³-hybridized carbons (Fsp3) is 0.818. The van der Waals surface area contributed by atoms with E-state index in [0.717, 1.165) is 12.8 Å². The summed E-state index contributed by atoms with van der Waals surface area (Å²) in [5, 5.41) is 21.8. The van der Waals surface area contributed by atoms with Crippen LogP contribution >= 0.6 is 0 Å². The minimum Gasteiger partial charge on any atom is -0.456 e. The molecule has 5 unspecified atom stereocenters. The van der Waals surface area contributed by atoms with Gasteiger partial charge in [-0.05, 0) is 87.9 Å². The SMILES string of the molecule is CC(F)(F)C(=O)OCC(=O)OC(CC(=O)OCC(=O)OC12CC3CC(CC(O)(C3)C1)C2)C(=O)OCC(=O)OC12CC3CC(CC(O)(C3)C1)C2. The van der Waals surface area contributed by atoms with E-state index in [2.05, 4.69) is 4.74 Å². The number of ether oxygens (including phenoxy) is 6. The number of carbonyl (C=O) groups excluding carboxylic acids is 6. The van der Waals surface area contributed by atoms with Gasteiger partial charge in [0.2, 0.25) is 6.10 Å². The zero-order valence-electron chi connectivity index (χ0n) is 27.2. The molecule has 0 amide bonds. The van der Waals surface area contributed by atoms with E-state index in [1.807, 2.05) is 0 Å². The van der Waals surface area contributed by atoms with Crippen molar-refractivity contribution in [2.75, 3.05) is 19.8 Å². The molecule has 8 aliphatic carbocycles. The van der Waals surface area contributed by atoms with Crippen LogP contribution in [-0.2, 0) is 57.2 Å². The van der Waals surface area contributed by atoms with Crippen LogP contribution in [0.25, 0.3) is 0 Å². The number of alkyl halides is 2. The summed E-state index contributed by atoms with van der Waals surface area (Å²) in [5.41, 5.74) is -3.58. The minimum atomic E-state index is -3.92. The summed E-state index contributed by atoms with van der Waals surface area (Å²) >= 11 is 0. The highest BCUT2D eigenvalue weighted by atomic mass is 19.3. The standard InChI is InChI=1S/C33H42F2O14/c1-29(34,35)28(41)46-13-24(37)47-22(27(40)45-15-26(39)49-33-11-20-3-21(12-33)8-31(43,7-20)17-33)4-23(36)44-14-25(38)48-32-9-18-2-19(10-32)6-30(42,5-18)16-32/h18-22,42-43H,2-17H2,1H3. The van der Waals surface area contributed by atoms with Gasteiger partial charge in [0, 0.05) is 19.8 Å². The van der Waals surface area contributed by atoms with Crippen LogP contribution in [0.15, 0.2) is 0 Å². The summed E-state index contributed by atoms with van der Waals surface area (Å²) < 4.78 is 56.7. The molecule has 16 heteroatoms. The molecule has 0 spiro atoms. The molecule has 0 aromatic rings. The molecule has 0 heterocycles. The van der Waals surface area contributed by atoms with Gasteiger partial charge in [0.1, 0.15) is 11.2 Å². The number of halogens is 2. The van der Waals surface area contributed by atoms with E-state index >= 15 is 0 Å². The van der Waals surface area contributed by atoms with Crippen molar-refractivity contribution in [1.29, 1.82) is 0 Å². The van der Waals surface area contributed by atoms with Crippen molar-refractivity contribution in [3.8, 4) is 0 Å². The van der Waals surface area contributed by atoms with Gasteiger partial charge in [-0.1, -0.05) is 0 Å². The summed E-state index contributed by atoms with van der Waals surface area (Å²) in [6.45, 7) is -2.87. The third-order valence-electron chi connectivity index (χ3n) is 10.9. The molecular weight excluding hydrogens is 658 g/mol. The van der Waals surface area contributed by atoms with Crippen LogP contribution in [0.4, 0.5) is 8.78 Å². The molecular formula is C33H42F2O14. The summed E-state index contributed by atoms with van der Waals surface area (Å²) in [6.07, 6.45) is 4.24. The predicted molar refractivity (Wildman–Crippen MR) is 155 cm³/mol. The molecule has 8 aliphatic rings. The molecule has 0 saturated heterocycles. The van der Waals surface area contributed by atoms with Gasteiger partial charge in [-0.2, -0.15) is 8.78 Å². The Morgan fingerprint density at radius 1 is 0.653 bits per heavy atom. The zero-order valence-corrected chi connectivity index (χ0v) is 27.2. The van der Waals surface area contributed by atoms with Crippen molar-refractivity contribution in [3.63, 3.8) is 0 Å². The Morgan fingerprint density at radius 2 is 1.08 bits per heavy atom. The van der Waals surface area contributed by atoms with Crippen molar-refractivity contribution in [3.05, 3.63) is 0 Å². The van der Waals surface area contributed by atoms with Crippen LogP contribution in [0, 0.1) is 23.7 Å². The number of hydrogen-bond donors (Lipinski definition) is 2. The molecule has 5 atom stereocenters. The van der Waals surface area contributed by atoms with Crippen molar-refractivity contribution in [2.24, 2.45) is 23.7 Å². The van der Waals surface area contributed by atoms with Gasteiger partial charge in [0.15, 0.2) is 19.8 Å². The van der Waals surface area contributed by atoms with Gasteiger partial charge < -0.3 is 38.6 Å². The average Bonchev–Trinajstić information content (AvgIpc) is 2.93. The van der Waals surface area contributed by atoms with Gasteiger partial charge in [-0.3, -0.25) is 4.79 Å². The number of hydrogen-bond acceptors (Lipinski definition) is 14. The maximum Gasteiger partial charge on any atom is 0.377 e. The van der Waals surface area contributed by atoms with E-state index in [-0.39, 0.29) is 43.4 Å². The Hall–Kier alpha value is -3.40. The van der Waals surface area contributed by atoms with Gasteiger partial charge in [-0.25, -0.2) is 24.0 Å². The van der Waals surface area contributed by atoms with Crippen molar-refractivity contribution in [2.45, 2.75) is 125 Å². The summed E-state index contributed by atoms with van der Waals surface area (Å²) in [5.74, 6) is -11.0. The van der Waals surface area contributed by atoms with Gasteiger partial charge in [0.05, 0.1) is 17.6 Å². The van der Waals surface area contributed by atoms with Crippen molar-refractivity contribution < 1.29 is 76.2 Å². The number of aliphatic hydroxyl groups is 2. The van der Waals surface area contributed by atoms with E-state index in [4.69, 9.17) is 23.7 Å². The largest absolute Gasteiger partial charge is 0.456 e. The average molecular weight is 701 g/mol. The maximum atomic E-state index is 13.1. The lowest BCUT2D eigenvalue weighted by atomic mass is 9.52. The van der Waals surface area contributed by atoms with E-state index < -0.39 is 96.5 Å². The lowest BCUT2D eigenvalue weighted by Crippen LogP contribution is -2.60. The lowest BCUT2D eigenvalue weighted by molar-refractivity contribution is -0.223. The molecule has 8 bridgehead atoms. The highest BCUT2D eigenvalue weighted by Crippen LogP contribution is 2.60. The normalized spacial score (nSPS) is 37.2. The fourth-order valence-electron chi connectivity index (χ4n) is 10.2. The molecule has 8 fully saturated rings. The Kier molecular flexibility index (Phi) is 9.21. The molecule has 0 aromatic carbocycles. The second-order valence-electron chi connectivity index (χ2n) is 15.6. The Labute approximate surface area is 280 Å². The second-order valence-corrected chi connectivity index (χ2v) is 15.6. The number of carbonyl (C=O) groups is 6. The zero-order chi connectivity index (χ0) is 35.4. The van der Waals surface area contributed by atoms with Crippen LogP contribution in [0.5, 0.6) is 0 Å². The highest BCUT2D eigenvalue weighted by Gasteiger charge is 2.60. The Morgan fingerprint density at radius 3 is 1.51 bits per heavy atom. The third kappa shape index (κ3) is 8.16. The van der Waals surface area contributed by atoms with E-state index in [9.17, 15) is 47.8 Å². The van der Waals surface area contributed by atoms with Crippen molar-refractivity contribution in [1.82, 2.24) is 0 Å². The molecule has 0 aliphatic heterocycles. The highest BCUT2D eigenvalue weighted by molar-refractivity contribution is 5.87. The molecule has 0 aromatic heterocycles. The predicted octanol–water partition coefficient (Wildman–Crippen LogP) is 1.83. The first kappa shape index (κ1) is 35.4. The van der Waals surface area contributed by atoms with E-state index in [1.165, 1.54) is 0 Å². The van der Waals surface area contributed by atoms with Gasteiger partial charge >= 0.3 is 41.7 Å². The summed E-state index contributed by atoms with van der Waals surface area (Å²) in [6, 6.07) is 0. The lowest BCUT2D eigenvalue weighted by Gasteiger charge is -2.59. The summed E-state index contributed by atoms with van der Waals surface area (Å²) in [7, 11) is 0. The van der Waals surface area contributed by atoms with Crippen LogP contribution in [0.3, 0.4) is 0 Å². The van der Waals surface area contributed by atoms with E-state index in [1.54, 1.807) is 0 Å². The molecule has 272 valence electrons. The van der Waals surface area contributed by atoms with Crippen molar-refractivity contribution >= 4 is 35.8 Å². The molecule has 49 heavy (non-hydrogen) atoms. The van der Waals surface area contributed by atoms with Crippen LogP contribution in [-0.4, -0.2) is 100 Å². The Bertz CT molecular complexity index is 1360. The Balaban J connectivity index is 1.02. The fourth-order valence-corrected chi connectivity index (χ4v) is 10.2. The molecule has 2 N–H and O–H groups in total. The second kappa shape index (κ2) is 12.7. The first-order valence-electron chi connectivity index (χ1n) is 16.8.